The summed E-state index contributed by atoms with van der Waals surface area (Å²) >= 11 is 5.50. The number of nitrogens with zero attached hydrogens (tertiary/aromatic N) is 2. The number of anilines is 1. The molecule has 12 heavy (non-hydrogen) atoms. The largest absolute Gasteiger partial charge is 0.408 e. The molecule has 0 aromatic carbocycles. The average molecular weight is 190 g/mol. The summed E-state index contributed by atoms with van der Waals surface area (Å²) in [6.07, 6.45) is 0.619. The van der Waals surface area contributed by atoms with Crippen molar-refractivity contribution in [3.05, 3.63) is 5.89 Å². The van der Waals surface area contributed by atoms with Crippen LogP contribution < -0.4 is 5.32 Å². The minimum Gasteiger partial charge on any atom is -0.408 e. The van der Waals surface area contributed by atoms with Crippen molar-refractivity contribution in [2.45, 2.75) is 26.3 Å². The Morgan fingerprint density at radius 2 is 2.25 bits per heavy atom. The molecule has 1 N–H and O–H groups in total. The van der Waals surface area contributed by atoms with Gasteiger partial charge in [0, 0.05) is 18.3 Å². The van der Waals surface area contributed by atoms with Gasteiger partial charge >= 0.3 is 6.01 Å². The Hall–Kier alpha value is -0.770. The van der Waals surface area contributed by atoms with Crippen LogP contribution in [0.15, 0.2) is 4.42 Å². The Bertz CT molecular complexity index is 236. The summed E-state index contributed by atoms with van der Waals surface area (Å²) in [4.78, 5) is 0. The van der Waals surface area contributed by atoms with Crippen molar-refractivity contribution in [3.63, 3.8) is 0 Å². The quantitative estimate of drug-likeness (QED) is 0.733. The van der Waals surface area contributed by atoms with Gasteiger partial charge in [-0.1, -0.05) is 5.10 Å². The minimum atomic E-state index is 0.300. The van der Waals surface area contributed by atoms with Crippen molar-refractivity contribution in [3.8, 4) is 0 Å². The lowest BCUT2D eigenvalue weighted by atomic mass is 10.4. The van der Waals surface area contributed by atoms with Crippen molar-refractivity contribution < 1.29 is 4.42 Å². The number of nitrogens with one attached hydrogen (secondary N) is 1. The van der Waals surface area contributed by atoms with Crippen molar-refractivity contribution in [1.29, 1.82) is 0 Å². The fourth-order valence-electron chi connectivity index (χ4n) is 0.741. The number of alkyl halides is 1. The molecule has 0 amide bonds. The van der Waals surface area contributed by atoms with Crippen molar-refractivity contribution in [2.24, 2.45) is 0 Å². The van der Waals surface area contributed by atoms with Gasteiger partial charge in [-0.05, 0) is 13.8 Å². The molecule has 0 aliphatic heterocycles. The molecule has 0 unspecified atom stereocenters. The molecule has 0 fully saturated rings. The molecule has 1 aromatic rings. The first kappa shape index (κ1) is 9.32. The summed E-state index contributed by atoms with van der Waals surface area (Å²) < 4.78 is 5.22. The van der Waals surface area contributed by atoms with E-state index in [-0.39, 0.29) is 0 Å². The highest BCUT2D eigenvalue weighted by atomic mass is 35.5. The molecule has 1 heterocycles. The van der Waals surface area contributed by atoms with E-state index in [4.69, 9.17) is 16.0 Å². The van der Waals surface area contributed by atoms with Crippen LogP contribution in [0.3, 0.4) is 0 Å². The third-order valence-electron chi connectivity index (χ3n) is 1.19. The topological polar surface area (TPSA) is 51.0 Å². The predicted octanol–water partition coefficient (Wildman–Crippen LogP) is 1.67. The van der Waals surface area contributed by atoms with Crippen LogP contribution in [0.1, 0.15) is 19.7 Å². The van der Waals surface area contributed by atoms with Crippen LogP contribution in [0.2, 0.25) is 0 Å². The average Bonchev–Trinajstić information content (AvgIpc) is 2.36. The van der Waals surface area contributed by atoms with E-state index in [1.165, 1.54) is 0 Å². The second-order valence-electron chi connectivity index (χ2n) is 2.74. The molecule has 0 spiro atoms. The van der Waals surface area contributed by atoms with Crippen molar-refractivity contribution in [2.75, 3.05) is 11.2 Å². The molecule has 5 heteroatoms. The van der Waals surface area contributed by atoms with Crippen LogP contribution in [0.4, 0.5) is 6.01 Å². The molecular weight excluding hydrogens is 178 g/mol. The summed E-state index contributed by atoms with van der Waals surface area (Å²) in [5.41, 5.74) is 0. The van der Waals surface area contributed by atoms with E-state index in [1.54, 1.807) is 0 Å². The second kappa shape index (κ2) is 4.30. The highest BCUT2D eigenvalue weighted by Gasteiger charge is 2.05. The van der Waals surface area contributed by atoms with Gasteiger partial charge in [0.1, 0.15) is 0 Å². The lowest BCUT2D eigenvalue weighted by Crippen LogP contribution is -2.09. The molecule has 0 aliphatic rings. The van der Waals surface area contributed by atoms with Crippen LogP contribution in [-0.2, 0) is 6.42 Å². The Morgan fingerprint density at radius 3 is 2.83 bits per heavy atom. The Labute approximate surface area is 76.3 Å². The number of halogens is 1. The smallest absolute Gasteiger partial charge is 0.315 e. The van der Waals surface area contributed by atoms with E-state index < -0.39 is 0 Å². The van der Waals surface area contributed by atoms with Crippen LogP contribution in [-0.4, -0.2) is 22.1 Å². The summed E-state index contributed by atoms with van der Waals surface area (Å²) in [5.74, 6) is 1.08. The van der Waals surface area contributed by atoms with Gasteiger partial charge in [0.25, 0.3) is 0 Å². The zero-order valence-corrected chi connectivity index (χ0v) is 7.93. The summed E-state index contributed by atoms with van der Waals surface area (Å²) in [6.45, 7) is 4.01. The Balaban J connectivity index is 2.52. The fourth-order valence-corrected chi connectivity index (χ4v) is 0.902. The van der Waals surface area contributed by atoms with Crippen molar-refractivity contribution >= 4 is 17.6 Å². The monoisotopic (exact) mass is 189 g/mol. The lowest BCUT2D eigenvalue weighted by Gasteiger charge is -2.02. The highest BCUT2D eigenvalue weighted by molar-refractivity contribution is 6.17. The second-order valence-corrected chi connectivity index (χ2v) is 3.12. The lowest BCUT2D eigenvalue weighted by molar-refractivity contribution is 0.508. The Morgan fingerprint density at radius 1 is 1.50 bits per heavy atom. The molecule has 0 aliphatic carbocycles. The molecule has 68 valence electrons. The standard InChI is InChI=1S/C7H12ClN3O/c1-5(2)9-7-11-10-6(12-7)3-4-8/h5H,3-4H2,1-2H3,(H,9,11). The van der Waals surface area contributed by atoms with Gasteiger partial charge in [-0.15, -0.1) is 16.7 Å². The number of rotatable bonds is 4. The molecule has 1 rings (SSSR count). The molecule has 0 radical (unpaired) electrons. The maximum atomic E-state index is 5.50. The van der Waals surface area contributed by atoms with E-state index in [1.807, 2.05) is 13.8 Å². The van der Waals surface area contributed by atoms with E-state index in [0.717, 1.165) is 0 Å². The van der Waals surface area contributed by atoms with E-state index in [0.29, 0.717) is 30.2 Å². The minimum absolute atomic E-state index is 0.300. The molecule has 0 bridgehead atoms. The van der Waals surface area contributed by atoms with Crippen LogP contribution in [0.5, 0.6) is 0 Å². The van der Waals surface area contributed by atoms with Crippen LogP contribution in [0, 0.1) is 0 Å². The number of aromatic nitrogens is 2. The predicted molar refractivity (Wildman–Crippen MR) is 47.5 cm³/mol. The van der Waals surface area contributed by atoms with Crippen molar-refractivity contribution in [1.82, 2.24) is 10.2 Å². The zero-order chi connectivity index (χ0) is 8.97. The fraction of sp³-hybridized carbons (Fsp3) is 0.714. The van der Waals surface area contributed by atoms with Gasteiger partial charge in [0.15, 0.2) is 0 Å². The van der Waals surface area contributed by atoms with E-state index in [2.05, 4.69) is 15.5 Å². The number of hydrogen-bond acceptors (Lipinski definition) is 4. The van der Waals surface area contributed by atoms with Gasteiger partial charge in [-0.25, -0.2) is 0 Å². The van der Waals surface area contributed by atoms with Crippen LogP contribution in [0.25, 0.3) is 0 Å². The van der Waals surface area contributed by atoms with Gasteiger partial charge in [-0.2, -0.15) is 0 Å². The first-order valence-electron chi connectivity index (χ1n) is 3.87. The van der Waals surface area contributed by atoms with Crippen LogP contribution >= 0.6 is 11.6 Å². The van der Waals surface area contributed by atoms with Gasteiger partial charge in [-0.3, -0.25) is 0 Å². The Kier molecular flexibility index (Phi) is 3.34. The molecule has 1 aromatic heterocycles. The third kappa shape index (κ3) is 2.70. The third-order valence-corrected chi connectivity index (χ3v) is 1.38. The van der Waals surface area contributed by atoms with Gasteiger partial charge in [0.2, 0.25) is 5.89 Å². The summed E-state index contributed by atoms with van der Waals surface area (Å²) in [5, 5.41) is 10.6. The normalized spacial score (nSPS) is 10.7. The van der Waals surface area contributed by atoms with E-state index >= 15 is 0 Å². The molecule has 0 saturated carbocycles. The maximum absolute atomic E-state index is 5.50. The molecular formula is C7H12ClN3O. The SMILES string of the molecule is CC(C)Nc1nnc(CCCl)o1. The molecule has 4 nitrogen and oxygen atoms in total. The number of aryl methyl sites for hydroxylation is 1. The summed E-state index contributed by atoms with van der Waals surface area (Å²) in [6, 6.07) is 0.763. The van der Waals surface area contributed by atoms with Gasteiger partial charge in [0.05, 0.1) is 0 Å². The number of hydrogen-bond donors (Lipinski definition) is 1. The zero-order valence-electron chi connectivity index (χ0n) is 7.17. The first-order valence-corrected chi connectivity index (χ1v) is 4.40. The highest BCUT2D eigenvalue weighted by Crippen LogP contribution is 2.07. The molecule has 0 saturated heterocycles. The maximum Gasteiger partial charge on any atom is 0.315 e. The van der Waals surface area contributed by atoms with E-state index in [9.17, 15) is 0 Å². The molecule has 0 atom stereocenters. The first-order chi connectivity index (χ1) is 5.72. The summed E-state index contributed by atoms with van der Waals surface area (Å²) in [7, 11) is 0. The van der Waals surface area contributed by atoms with Gasteiger partial charge < -0.3 is 9.73 Å².